The van der Waals surface area contributed by atoms with Gasteiger partial charge in [-0.15, -0.1) is 0 Å². The molecule has 0 saturated carbocycles. The smallest absolute Gasteiger partial charge is 0.257 e. The molecule has 17 heavy (non-hydrogen) atoms. The number of para-hydroxylation sites is 1. The lowest BCUT2D eigenvalue weighted by Crippen LogP contribution is -2.48. The molecule has 5 heteroatoms. The van der Waals surface area contributed by atoms with Gasteiger partial charge in [0.15, 0.2) is 6.61 Å². The number of amides is 1. The van der Waals surface area contributed by atoms with Gasteiger partial charge in [0.05, 0.1) is 5.02 Å². The number of carbonyl (C=O) groups excluding carboxylic acids is 1. The van der Waals surface area contributed by atoms with E-state index in [1.807, 2.05) is 12.1 Å². The van der Waals surface area contributed by atoms with Crippen molar-refractivity contribution in [3.63, 3.8) is 0 Å². The minimum atomic E-state index is -0.114. The number of ether oxygens (including phenoxy) is 1. The lowest BCUT2D eigenvalue weighted by atomic mass is 10.0. The molecule has 0 bridgehead atoms. The molecule has 0 spiro atoms. The summed E-state index contributed by atoms with van der Waals surface area (Å²) in [4.78, 5) is 11.5. The number of nitrogens with one attached hydrogen (secondary N) is 2. The van der Waals surface area contributed by atoms with Gasteiger partial charge in [0.2, 0.25) is 0 Å². The van der Waals surface area contributed by atoms with E-state index in [-0.39, 0.29) is 12.5 Å². The van der Waals surface area contributed by atoms with E-state index in [1.54, 1.807) is 12.1 Å². The molecular weight excluding hydrogens is 240 g/mol. The molecule has 1 aliphatic rings. The van der Waals surface area contributed by atoms with E-state index in [1.165, 1.54) is 0 Å². The van der Waals surface area contributed by atoms with Crippen molar-refractivity contribution in [1.82, 2.24) is 10.6 Å². The predicted molar refractivity (Wildman–Crippen MR) is 66.3 cm³/mol. The highest BCUT2D eigenvalue weighted by molar-refractivity contribution is 6.32. The van der Waals surface area contributed by atoms with E-state index >= 15 is 0 Å². The van der Waals surface area contributed by atoms with Gasteiger partial charge in [0.25, 0.3) is 5.91 Å². The maximum atomic E-state index is 11.5. The minimum absolute atomic E-state index is 0.00385. The molecule has 1 saturated heterocycles. The van der Waals surface area contributed by atoms with Crippen LogP contribution in [0.5, 0.6) is 5.75 Å². The minimum Gasteiger partial charge on any atom is -0.482 e. The van der Waals surface area contributed by atoms with Crippen molar-refractivity contribution >= 4 is 17.5 Å². The van der Waals surface area contributed by atoms with Crippen LogP contribution < -0.4 is 15.4 Å². The summed E-state index contributed by atoms with van der Waals surface area (Å²) >= 11 is 5.90. The molecule has 0 radical (unpaired) electrons. The van der Waals surface area contributed by atoms with Crippen molar-refractivity contribution in [2.45, 2.75) is 0 Å². The lowest BCUT2D eigenvalue weighted by molar-refractivity contribution is -0.123. The quantitative estimate of drug-likeness (QED) is 0.826. The first-order valence-electron chi connectivity index (χ1n) is 5.60. The van der Waals surface area contributed by atoms with E-state index in [4.69, 9.17) is 16.3 Å². The number of halogens is 1. The number of benzene rings is 1. The van der Waals surface area contributed by atoms with Gasteiger partial charge in [-0.05, 0) is 12.1 Å². The molecule has 1 amide bonds. The molecule has 4 nitrogen and oxygen atoms in total. The zero-order chi connectivity index (χ0) is 12.1. The van der Waals surface area contributed by atoms with Crippen molar-refractivity contribution in [1.29, 1.82) is 0 Å². The third-order valence-electron chi connectivity index (χ3n) is 2.65. The fourth-order valence-electron chi connectivity index (χ4n) is 1.51. The third kappa shape index (κ3) is 3.61. The van der Waals surface area contributed by atoms with Gasteiger partial charge < -0.3 is 15.4 Å². The highest BCUT2D eigenvalue weighted by Crippen LogP contribution is 2.22. The predicted octanol–water partition coefficient (Wildman–Crippen LogP) is 1.05. The third-order valence-corrected chi connectivity index (χ3v) is 2.96. The summed E-state index contributed by atoms with van der Waals surface area (Å²) in [5.74, 6) is 0.978. The Hall–Kier alpha value is -1.26. The Morgan fingerprint density at radius 2 is 2.24 bits per heavy atom. The molecule has 0 aliphatic carbocycles. The van der Waals surface area contributed by atoms with Gasteiger partial charge in [-0.3, -0.25) is 4.79 Å². The van der Waals surface area contributed by atoms with Crippen LogP contribution in [0.25, 0.3) is 0 Å². The van der Waals surface area contributed by atoms with Crippen LogP contribution in [0.15, 0.2) is 24.3 Å². The topological polar surface area (TPSA) is 50.4 Å². The molecule has 1 aromatic rings. The summed E-state index contributed by atoms with van der Waals surface area (Å²) in [6, 6.07) is 7.11. The summed E-state index contributed by atoms with van der Waals surface area (Å²) < 4.78 is 5.32. The van der Waals surface area contributed by atoms with E-state index in [2.05, 4.69) is 10.6 Å². The Morgan fingerprint density at radius 1 is 1.47 bits per heavy atom. The second-order valence-corrected chi connectivity index (χ2v) is 4.45. The van der Waals surface area contributed by atoms with Crippen molar-refractivity contribution in [2.24, 2.45) is 5.92 Å². The molecule has 1 heterocycles. The number of carbonyl (C=O) groups is 1. The summed E-state index contributed by atoms with van der Waals surface area (Å²) in [5, 5.41) is 6.49. The first-order chi connectivity index (χ1) is 8.25. The molecule has 0 unspecified atom stereocenters. The second-order valence-electron chi connectivity index (χ2n) is 4.05. The number of rotatable bonds is 5. The maximum Gasteiger partial charge on any atom is 0.257 e. The molecule has 2 rings (SSSR count). The van der Waals surface area contributed by atoms with Gasteiger partial charge in [-0.2, -0.15) is 0 Å². The normalized spacial score (nSPS) is 15.1. The van der Waals surface area contributed by atoms with Gasteiger partial charge in [-0.1, -0.05) is 23.7 Å². The molecule has 1 aromatic carbocycles. The second kappa shape index (κ2) is 5.89. The average Bonchev–Trinajstić information content (AvgIpc) is 2.26. The molecule has 0 atom stereocenters. The summed E-state index contributed by atoms with van der Waals surface area (Å²) in [6.45, 7) is 2.67. The van der Waals surface area contributed by atoms with E-state index in [0.29, 0.717) is 23.2 Å². The largest absolute Gasteiger partial charge is 0.482 e. The van der Waals surface area contributed by atoms with Crippen LogP contribution in [0.4, 0.5) is 0 Å². The van der Waals surface area contributed by atoms with Crippen LogP contribution in [0, 0.1) is 5.92 Å². The summed E-state index contributed by atoms with van der Waals surface area (Å²) in [6.07, 6.45) is 0. The first-order valence-corrected chi connectivity index (χ1v) is 5.98. The van der Waals surface area contributed by atoms with Crippen LogP contribution in [0.3, 0.4) is 0 Å². The Kier molecular flexibility index (Phi) is 4.23. The zero-order valence-electron chi connectivity index (χ0n) is 9.41. The molecular formula is C12H15ClN2O2. The van der Waals surface area contributed by atoms with E-state index in [0.717, 1.165) is 13.1 Å². The summed E-state index contributed by atoms with van der Waals surface area (Å²) in [5.41, 5.74) is 0. The number of hydrogen-bond acceptors (Lipinski definition) is 3. The Labute approximate surface area is 105 Å². The van der Waals surface area contributed by atoms with Crippen LogP contribution in [-0.2, 0) is 4.79 Å². The summed E-state index contributed by atoms with van der Waals surface area (Å²) in [7, 11) is 0. The highest BCUT2D eigenvalue weighted by Gasteiger charge is 2.17. The van der Waals surface area contributed by atoms with Crippen molar-refractivity contribution < 1.29 is 9.53 Å². The maximum absolute atomic E-state index is 11.5. The van der Waals surface area contributed by atoms with Gasteiger partial charge in [0.1, 0.15) is 5.75 Å². The van der Waals surface area contributed by atoms with E-state index < -0.39 is 0 Å². The molecule has 1 aliphatic heterocycles. The zero-order valence-corrected chi connectivity index (χ0v) is 10.2. The van der Waals surface area contributed by atoms with Gasteiger partial charge >= 0.3 is 0 Å². The molecule has 0 aromatic heterocycles. The fourth-order valence-corrected chi connectivity index (χ4v) is 1.70. The molecule has 1 fully saturated rings. The molecule has 92 valence electrons. The van der Waals surface area contributed by atoms with E-state index in [9.17, 15) is 4.79 Å². The van der Waals surface area contributed by atoms with Crippen LogP contribution >= 0.6 is 11.6 Å². The van der Waals surface area contributed by atoms with Crippen molar-refractivity contribution in [2.75, 3.05) is 26.2 Å². The van der Waals surface area contributed by atoms with Crippen LogP contribution in [0.2, 0.25) is 5.02 Å². The van der Waals surface area contributed by atoms with Crippen LogP contribution in [0.1, 0.15) is 0 Å². The SMILES string of the molecule is O=C(COc1ccccc1Cl)NCC1CNC1. The van der Waals surface area contributed by atoms with Gasteiger partial charge in [0, 0.05) is 25.6 Å². The average molecular weight is 255 g/mol. The van der Waals surface area contributed by atoms with Crippen LogP contribution in [-0.4, -0.2) is 32.1 Å². The lowest BCUT2D eigenvalue weighted by Gasteiger charge is -2.27. The molecule has 2 N–H and O–H groups in total. The standard InChI is InChI=1S/C12H15ClN2O2/c13-10-3-1-2-4-11(10)17-8-12(16)15-7-9-5-14-6-9/h1-4,9,14H,5-8H2,(H,15,16). The van der Waals surface area contributed by atoms with Crippen molar-refractivity contribution in [3.05, 3.63) is 29.3 Å². The fraction of sp³-hybridized carbons (Fsp3) is 0.417. The monoisotopic (exact) mass is 254 g/mol. The van der Waals surface area contributed by atoms with Gasteiger partial charge in [-0.25, -0.2) is 0 Å². The van der Waals surface area contributed by atoms with Crippen molar-refractivity contribution in [3.8, 4) is 5.75 Å². The highest BCUT2D eigenvalue weighted by atomic mass is 35.5. The Morgan fingerprint density at radius 3 is 2.88 bits per heavy atom. The Balaban J connectivity index is 1.70. The first kappa shape index (κ1) is 12.2. The number of hydrogen-bond donors (Lipinski definition) is 2. The Bertz CT molecular complexity index is 394.